The van der Waals surface area contributed by atoms with Crippen LogP contribution in [-0.2, 0) is 19.1 Å². The van der Waals surface area contributed by atoms with E-state index >= 15 is 0 Å². The Morgan fingerprint density at radius 2 is 1.39 bits per heavy atom. The molecule has 0 aromatic rings. The summed E-state index contributed by atoms with van der Waals surface area (Å²) in [6, 6.07) is 0. The molecule has 2 atom stereocenters. The molecule has 0 aromatic carbocycles. The van der Waals surface area contributed by atoms with Gasteiger partial charge in [0.2, 0.25) is 0 Å². The first-order valence-corrected chi connectivity index (χ1v) is 8.12. The molecule has 4 aliphatic rings. The van der Waals surface area contributed by atoms with Gasteiger partial charge in [-0.3, -0.25) is 14.4 Å². The van der Waals surface area contributed by atoms with Gasteiger partial charge in [-0.15, -0.1) is 0 Å². The number of carbonyl (C=O) groups is 3. The number of carboxylic acids is 2. The van der Waals surface area contributed by atoms with Crippen LogP contribution < -0.4 is 0 Å². The standard InChI is InChI=1S/C17H24O6/c1-14(2,3)13(22)23-17-6-10-4-15(8-17,11(18)19)7-16(5-10,9-17)12(20)21/h10H,4-9H2,1-3H3,(H,18,19)(H,20,21). The van der Waals surface area contributed by atoms with Gasteiger partial charge in [0.15, 0.2) is 0 Å². The van der Waals surface area contributed by atoms with Crippen LogP contribution in [0.5, 0.6) is 0 Å². The minimum absolute atomic E-state index is 0.00813. The van der Waals surface area contributed by atoms with Gasteiger partial charge in [-0.05, 0) is 52.4 Å². The molecule has 0 saturated heterocycles. The summed E-state index contributed by atoms with van der Waals surface area (Å²) in [6.45, 7) is 5.24. The van der Waals surface area contributed by atoms with Crippen molar-refractivity contribution in [3.05, 3.63) is 0 Å². The molecule has 128 valence electrons. The molecule has 0 spiro atoms. The molecule has 0 amide bonds. The Kier molecular flexibility index (Phi) is 3.17. The topological polar surface area (TPSA) is 101 Å². The molecule has 4 rings (SSSR count). The van der Waals surface area contributed by atoms with Crippen LogP contribution in [0.2, 0.25) is 0 Å². The van der Waals surface area contributed by atoms with Crippen molar-refractivity contribution in [1.82, 2.24) is 0 Å². The number of aliphatic carboxylic acids is 2. The second-order valence-corrected chi connectivity index (χ2v) is 9.00. The Bertz CT molecular complexity index is 556. The molecule has 4 bridgehead atoms. The summed E-state index contributed by atoms with van der Waals surface area (Å²) in [6.07, 6.45) is 2.19. The zero-order valence-electron chi connectivity index (χ0n) is 13.8. The lowest BCUT2D eigenvalue weighted by Gasteiger charge is -2.62. The van der Waals surface area contributed by atoms with Gasteiger partial charge in [-0.1, -0.05) is 0 Å². The normalized spacial score (nSPS) is 41.6. The molecule has 0 aliphatic heterocycles. The van der Waals surface area contributed by atoms with Gasteiger partial charge in [0.05, 0.1) is 16.2 Å². The highest BCUT2D eigenvalue weighted by atomic mass is 16.6. The molecule has 6 nitrogen and oxygen atoms in total. The van der Waals surface area contributed by atoms with E-state index in [9.17, 15) is 24.6 Å². The maximum atomic E-state index is 12.4. The Morgan fingerprint density at radius 3 is 1.78 bits per heavy atom. The molecule has 2 N–H and O–H groups in total. The van der Waals surface area contributed by atoms with Crippen LogP contribution in [-0.4, -0.2) is 33.7 Å². The van der Waals surface area contributed by atoms with Crippen LogP contribution in [0.3, 0.4) is 0 Å². The zero-order valence-corrected chi connectivity index (χ0v) is 13.8. The fraction of sp³-hybridized carbons (Fsp3) is 0.824. The molecule has 0 heterocycles. The van der Waals surface area contributed by atoms with Crippen LogP contribution >= 0.6 is 0 Å². The van der Waals surface area contributed by atoms with Crippen LogP contribution in [0.15, 0.2) is 0 Å². The summed E-state index contributed by atoms with van der Waals surface area (Å²) in [5, 5.41) is 19.5. The third-order valence-electron chi connectivity index (χ3n) is 5.85. The van der Waals surface area contributed by atoms with E-state index in [0.29, 0.717) is 19.3 Å². The van der Waals surface area contributed by atoms with Crippen LogP contribution in [0.4, 0.5) is 0 Å². The SMILES string of the molecule is CC(C)(C)C(=O)OC12CC3CC(C(=O)O)(C1)CC(C(=O)O)(C3)C2. The predicted molar refractivity (Wildman–Crippen MR) is 79.6 cm³/mol. The van der Waals surface area contributed by atoms with Crippen LogP contribution in [0.1, 0.15) is 59.3 Å². The number of hydrogen-bond acceptors (Lipinski definition) is 4. The van der Waals surface area contributed by atoms with Crippen molar-refractivity contribution in [3.63, 3.8) is 0 Å². The minimum Gasteiger partial charge on any atom is -0.481 e. The maximum absolute atomic E-state index is 12.4. The van der Waals surface area contributed by atoms with Crippen molar-refractivity contribution in [2.24, 2.45) is 22.2 Å². The second-order valence-electron chi connectivity index (χ2n) is 9.00. The highest BCUT2D eigenvalue weighted by molar-refractivity contribution is 5.82. The third kappa shape index (κ3) is 2.34. The number of hydrogen-bond donors (Lipinski definition) is 2. The first kappa shape index (κ1) is 16.3. The molecule has 6 heteroatoms. The lowest BCUT2D eigenvalue weighted by atomic mass is 9.42. The van der Waals surface area contributed by atoms with Gasteiger partial charge in [0.1, 0.15) is 5.60 Å². The molecule has 0 radical (unpaired) electrons. The Labute approximate surface area is 135 Å². The molecule has 4 fully saturated rings. The van der Waals surface area contributed by atoms with Gasteiger partial charge >= 0.3 is 17.9 Å². The van der Waals surface area contributed by atoms with E-state index in [1.807, 2.05) is 0 Å². The highest BCUT2D eigenvalue weighted by Gasteiger charge is 2.70. The molecule has 23 heavy (non-hydrogen) atoms. The maximum Gasteiger partial charge on any atom is 0.311 e. The first-order chi connectivity index (χ1) is 10.4. The van der Waals surface area contributed by atoms with E-state index in [1.54, 1.807) is 20.8 Å². The van der Waals surface area contributed by atoms with Gasteiger partial charge in [-0.25, -0.2) is 0 Å². The van der Waals surface area contributed by atoms with E-state index in [-0.39, 0.29) is 31.1 Å². The van der Waals surface area contributed by atoms with Crippen molar-refractivity contribution in [1.29, 1.82) is 0 Å². The summed E-state index contributed by atoms with van der Waals surface area (Å²) in [4.78, 5) is 36.2. The van der Waals surface area contributed by atoms with E-state index in [2.05, 4.69) is 0 Å². The molecular formula is C17H24O6. The van der Waals surface area contributed by atoms with E-state index < -0.39 is 33.8 Å². The van der Waals surface area contributed by atoms with Crippen LogP contribution in [0.25, 0.3) is 0 Å². The first-order valence-electron chi connectivity index (χ1n) is 8.12. The van der Waals surface area contributed by atoms with E-state index in [1.165, 1.54) is 0 Å². The van der Waals surface area contributed by atoms with Crippen LogP contribution in [0, 0.1) is 22.2 Å². The molecular weight excluding hydrogens is 300 g/mol. The van der Waals surface area contributed by atoms with E-state index in [4.69, 9.17) is 4.74 Å². The smallest absolute Gasteiger partial charge is 0.311 e. The van der Waals surface area contributed by atoms with Crippen molar-refractivity contribution >= 4 is 17.9 Å². The molecule has 4 saturated carbocycles. The minimum atomic E-state index is -1.07. The lowest BCUT2D eigenvalue weighted by molar-refractivity contribution is -0.235. The number of ether oxygens (including phenoxy) is 1. The summed E-state index contributed by atoms with van der Waals surface area (Å²) >= 11 is 0. The second kappa shape index (κ2) is 4.48. The predicted octanol–water partition coefficient (Wildman–Crippen LogP) is 2.45. The number of carbonyl (C=O) groups excluding carboxylic acids is 1. The van der Waals surface area contributed by atoms with Crippen molar-refractivity contribution in [2.75, 3.05) is 0 Å². The number of carboxylic acid groups (broad SMARTS) is 2. The summed E-state index contributed by atoms with van der Waals surface area (Å²) < 4.78 is 5.80. The quantitative estimate of drug-likeness (QED) is 0.773. The summed E-state index contributed by atoms with van der Waals surface area (Å²) in [5.41, 5.74) is -3.79. The Morgan fingerprint density at radius 1 is 0.913 bits per heavy atom. The summed E-state index contributed by atoms with van der Waals surface area (Å²) in [5.74, 6) is -2.31. The molecule has 0 aromatic heterocycles. The van der Waals surface area contributed by atoms with Crippen molar-refractivity contribution in [3.8, 4) is 0 Å². The molecule has 2 unspecified atom stereocenters. The third-order valence-corrected chi connectivity index (χ3v) is 5.85. The number of esters is 1. The fourth-order valence-electron chi connectivity index (χ4n) is 5.29. The Hall–Kier alpha value is -1.59. The van der Waals surface area contributed by atoms with Crippen molar-refractivity contribution in [2.45, 2.75) is 64.9 Å². The summed E-state index contributed by atoms with van der Waals surface area (Å²) in [7, 11) is 0. The zero-order chi connectivity index (χ0) is 17.3. The Balaban J connectivity index is 2.01. The molecule has 4 aliphatic carbocycles. The monoisotopic (exact) mass is 324 g/mol. The van der Waals surface area contributed by atoms with Gasteiger partial charge in [0, 0.05) is 12.8 Å². The largest absolute Gasteiger partial charge is 0.481 e. The van der Waals surface area contributed by atoms with E-state index in [0.717, 1.165) is 0 Å². The lowest BCUT2D eigenvalue weighted by Crippen LogP contribution is -2.65. The van der Waals surface area contributed by atoms with Gasteiger partial charge in [-0.2, -0.15) is 0 Å². The van der Waals surface area contributed by atoms with Crippen molar-refractivity contribution < 1.29 is 29.3 Å². The average molecular weight is 324 g/mol. The van der Waals surface area contributed by atoms with Gasteiger partial charge < -0.3 is 14.9 Å². The number of rotatable bonds is 3. The van der Waals surface area contributed by atoms with Gasteiger partial charge in [0.25, 0.3) is 0 Å². The highest BCUT2D eigenvalue weighted by Crippen LogP contribution is 2.67. The average Bonchev–Trinajstić information content (AvgIpc) is 2.34. The fourth-order valence-corrected chi connectivity index (χ4v) is 5.29.